The molecule has 152 valence electrons. The maximum atomic E-state index is 12.5. The van der Waals surface area contributed by atoms with Gasteiger partial charge in [0.05, 0.1) is 6.61 Å². The van der Waals surface area contributed by atoms with Gasteiger partial charge in [-0.05, 0) is 34.1 Å². The van der Waals surface area contributed by atoms with Crippen LogP contribution in [0.25, 0.3) is 0 Å². The van der Waals surface area contributed by atoms with Gasteiger partial charge in [-0.1, -0.05) is 6.92 Å². The summed E-state index contributed by atoms with van der Waals surface area (Å²) in [5.41, 5.74) is -1.29. The van der Waals surface area contributed by atoms with Crippen LogP contribution >= 0.6 is 0 Å². The first kappa shape index (κ1) is 19.1. The average Bonchev–Trinajstić information content (AvgIpc) is 3.24. The van der Waals surface area contributed by atoms with Crippen LogP contribution < -0.4 is 0 Å². The second kappa shape index (κ2) is 6.12. The summed E-state index contributed by atoms with van der Waals surface area (Å²) in [5, 5.41) is 5.79. The van der Waals surface area contributed by atoms with E-state index in [4.69, 9.17) is 28.4 Å². The number of hydrazone groups is 1. The third-order valence-corrected chi connectivity index (χ3v) is 5.11. The standard InChI is InChI=1S/C18H28N2O7/c1-7-8-12-19-20(10(2)21)18(25-12)13(11-9-22-16(3,4)24-11)23-15-14(18)26-17(5,6)27-15/h11,13-15H,7-9H2,1-6H3/t11-,13-,14+,15-,18+/m1/s1. The molecule has 9 heteroatoms. The van der Waals surface area contributed by atoms with Crippen LogP contribution in [0.3, 0.4) is 0 Å². The highest BCUT2D eigenvalue weighted by Crippen LogP contribution is 2.51. The summed E-state index contributed by atoms with van der Waals surface area (Å²) in [6.45, 7) is 11.1. The number of ether oxygens (including phenoxy) is 6. The minimum Gasteiger partial charge on any atom is -0.445 e. The van der Waals surface area contributed by atoms with Crippen LogP contribution in [0.2, 0.25) is 0 Å². The van der Waals surface area contributed by atoms with Gasteiger partial charge in [-0.25, -0.2) is 0 Å². The number of hydrogen-bond donors (Lipinski definition) is 0. The van der Waals surface area contributed by atoms with Crippen molar-refractivity contribution in [2.24, 2.45) is 5.10 Å². The molecule has 4 rings (SSSR count). The zero-order chi connectivity index (χ0) is 19.6. The van der Waals surface area contributed by atoms with Crippen molar-refractivity contribution in [3.8, 4) is 0 Å². The van der Waals surface area contributed by atoms with Gasteiger partial charge in [-0.3, -0.25) is 4.79 Å². The molecule has 0 bridgehead atoms. The number of carbonyl (C=O) groups excluding carboxylic acids is 1. The molecule has 0 aromatic carbocycles. The predicted molar refractivity (Wildman–Crippen MR) is 92.3 cm³/mol. The predicted octanol–water partition coefficient (Wildman–Crippen LogP) is 1.70. The van der Waals surface area contributed by atoms with Gasteiger partial charge in [0.15, 0.2) is 30.1 Å². The molecule has 0 radical (unpaired) electrons. The van der Waals surface area contributed by atoms with Crippen LogP contribution in [0.15, 0.2) is 5.10 Å². The molecule has 0 saturated carbocycles. The van der Waals surface area contributed by atoms with E-state index in [1.54, 1.807) is 13.8 Å². The van der Waals surface area contributed by atoms with Gasteiger partial charge < -0.3 is 28.4 Å². The van der Waals surface area contributed by atoms with Gasteiger partial charge in [-0.15, -0.1) is 5.10 Å². The molecule has 1 spiro atoms. The number of rotatable bonds is 3. The maximum absolute atomic E-state index is 12.5. The Morgan fingerprint density at radius 3 is 2.48 bits per heavy atom. The van der Waals surface area contributed by atoms with Gasteiger partial charge in [-0.2, -0.15) is 5.01 Å². The molecule has 9 nitrogen and oxygen atoms in total. The lowest BCUT2D eigenvalue weighted by molar-refractivity contribution is -0.262. The fourth-order valence-corrected chi connectivity index (χ4v) is 4.16. The number of hydrogen-bond acceptors (Lipinski definition) is 8. The molecule has 4 aliphatic rings. The van der Waals surface area contributed by atoms with E-state index >= 15 is 0 Å². The van der Waals surface area contributed by atoms with E-state index in [-0.39, 0.29) is 5.91 Å². The summed E-state index contributed by atoms with van der Waals surface area (Å²) < 4.78 is 36.3. The van der Waals surface area contributed by atoms with Crippen molar-refractivity contribution in [3.63, 3.8) is 0 Å². The van der Waals surface area contributed by atoms with Crippen LogP contribution in [0.4, 0.5) is 0 Å². The number of amides is 1. The largest absolute Gasteiger partial charge is 0.445 e. The second-order valence-corrected chi connectivity index (χ2v) is 8.28. The molecular weight excluding hydrogens is 356 g/mol. The molecule has 4 heterocycles. The highest BCUT2D eigenvalue weighted by atomic mass is 16.9. The van der Waals surface area contributed by atoms with Crippen LogP contribution in [-0.4, -0.2) is 65.3 Å². The Hall–Kier alpha value is -1.26. The van der Waals surface area contributed by atoms with E-state index in [1.165, 1.54) is 11.9 Å². The average molecular weight is 384 g/mol. The van der Waals surface area contributed by atoms with E-state index < -0.39 is 41.9 Å². The number of nitrogens with zero attached hydrogens (tertiary/aromatic N) is 2. The Morgan fingerprint density at radius 2 is 1.89 bits per heavy atom. The quantitative estimate of drug-likeness (QED) is 0.732. The van der Waals surface area contributed by atoms with Crippen molar-refractivity contribution in [1.82, 2.24) is 5.01 Å². The van der Waals surface area contributed by atoms with Crippen molar-refractivity contribution in [2.45, 2.75) is 96.3 Å². The zero-order valence-corrected chi connectivity index (χ0v) is 16.7. The molecule has 5 atom stereocenters. The van der Waals surface area contributed by atoms with Crippen molar-refractivity contribution < 1.29 is 33.2 Å². The first-order valence-corrected chi connectivity index (χ1v) is 9.48. The highest BCUT2D eigenvalue weighted by Gasteiger charge is 2.73. The fraction of sp³-hybridized carbons (Fsp3) is 0.889. The Balaban J connectivity index is 1.73. The molecule has 0 aliphatic carbocycles. The van der Waals surface area contributed by atoms with Gasteiger partial charge in [0, 0.05) is 13.3 Å². The fourth-order valence-electron chi connectivity index (χ4n) is 4.16. The molecule has 3 saturated heterocycles. The molecule has 3 fully saturated rings. The van der Waals surface area contributed by atoms with E-state index in [2.05, 4.69) is 5.10 Å². The Kier molecular flexibility index (Phi) is 4.32. The Labute approximate surface area is 158 Å². The molecular formula is C18H28N2O7. The van der Waals surface area contributed by atoms with E-state index in [9.17, 15) is 4.79 Å². The van der Waals surface area contributed by atoms with Gasteiger partial charge in [0.2, 0.25) is 11.8 Å². The zero-order valence-electron chi connectivity index (χ0n) is 16.7. The smallest absolute Gasteiger partial charge is 0.266 e. The van der Waals surface area contributed by atoms with Gasteiger partial charge in [0.1, 0.15) is 6.10 Å². The van der Waals surface area contributed by atoms with Crippen molar-refractivity contribution in [1.29, 1.82) is 0 Å². The lowest BCUT2D eigenvalue weighted by Gasteiger charge is -2.39. The van der Waals surface area contributed by atoms with Crippen molar-refractivity contribution in [2.75, 3.05) is 6.61 Å². The monoisotopic (exact) mass is 384 g/mol. The molecule has 0 aromatic heterocycles. The third kappa shape index (κ3) is 2.96. The van der Waals surface area contributed by atoms with Gasteiger partial charge >= 0.3 is 0 Å². The highest BCUT2D eigenvalue weighted by molar-refractivity contribution is 5.83. The molecule has 0 N–H and O–H groups in total. The van der Waals surface area contributed by atoms with Crippen LogP contribution in [0, 0.1) is 0 Å². The van der Waals surface area contributed by atoms with Crippen molar-refractivity contribution in [3.05, 3.63) is 0 Å². The minimum atomic E-state index is -1.29. The molecule has 4 aliphatic heterocycles. The summed E-state index contributed by atoms with van der Waals surface area (Å²) in [5.74, 6) is -1.39. The second-order valence-electron chi connectivity index (χ2n) is 8.28. The molecule has 0 aromatic rings. The first-order chi connectivity index (χ1) is 12.6. The van der Waals surface area contributed by atoms with Crippen LogP contribution in [0.5, 0.6) is 0 Å². The summed E-state index contributed by atoms with van der Waals surface area (Å²) in [7, 11) is 0. The summed E-state index contributed by atoms with van der Waals surface area (Å²) in [4.78, 5) is 12.5. The summed E-state index contributed by atoms with van der Waals surface area (Å²) >= 11 is 0. The molecule has 27 heavy (non-hydrogen) atoms. The third-order valence-electron chi connectivity index (χ3n) is 5.11. The molecule has 1 amide bonds. The van der Waals surface area contributed by atoms with E-state index in [1.807, 2.05) is 20.8 Å². The minimum absolute atomic E-state index is 0.262. The van der Waals surface area contributed by atoms with E-state index in [0.29, 0.717) is 18.9 Å². The Bertz CT molecular complexity index is 664. The normalized spacial score (nSPS) is 41.7. The van der Waals surface area contributed by atoms with E-state index in [0.717, 1.165) is 6.42 Å². The number of fused-ring (bicyclic) bond motifs is 2. The molecule has 0 unspecified atom stereocenters. The van der Waals surface area contributed by atoms with Gasteiger partial charge in [0.25, 0.3) is 5.72 Å². The van der Waals surface area contributed by atoms with Crippen LogP contribution in [-0.2, 0) is 33.2 Å². The lowest BCUT2D eigenvalue weighted by Crippen LogP contribution is -2.63. The summed E-state index contributed by atoms with van der Waals surface area (Å²) in [6.07, 6.45) is -1.06. The number of carbonyl (C=O) groups is 1. The summed E-state index contributed by atoms with van der Waals surface area (Å²) in [6, 6.07) is 0. The SMILES string of the molecule is CCCC1=NN(C(C)=O)[C@]2(O1)[C@@H]([C@H]1COC(C)(C)O1)O[C@@H]1OC(C)(C)O[C@@H]12. The van der Waals surface area contributed by atoms with Crippen LogP contribution in [0.1, 0.15) is 54.4 Å². The lowest BCUT2D eigenvalue weighted by atomic mass is 9.97. The Morgan fingerprint density at radius 1 is 1.15 bits per heavy atom. The van der Waals surface area contributed by atoms with Crippen molar-refractivity contribution >= 4 is 11.8 Å². The topological polar surface area (TPSA) is 88.1 Å². The maximum Gasteiger partial charge on any atom is 0.266 e. The first-order valence-electron chi connectivity index (χ1n) is 9.48.